The molecule has 148 valence electrons. The Balaban J connectivity index is 2.06. The van der Waals surface area contributed by atoms with Crippen LogP contribution in [0.3, 0.4) is 0 Å². The average molecular weight is 407 g/mol. The summed E-state index contributed by atoms with van der Waals surface area (Å²) in [6, 6.07) is 13.6. The van der Waals surface area contributed by atoms with E-state index in [9.17, 15) is 9.59 Å². The van der Waals surface area contributed by atoms with Gasteiger partial charge in [-0.25, -0.2) is 4.98 Å². The van der Waals surface area contributed by atoms with Gasteiger partial charge in [-0.2, -0.15) is 0 Å². The largest absolute Gasteiger partial charge is 0.468 e. The molecule has 0 aliphatic carbocycles. The Labute approximate surface area is 171 Å². The van der Waals surface area contributed by atoms with Crippen LogP contribution in [0.1, 0.15) is 18.1 Å². The monoisotopic (exact) mass is 407 g/mol. The highest BCUT2D eigenvalue weighted by molar-refractivity contribution is 8.00. The molecule has 0 spiro atoms. The number of hydrogen-bond donors (Lipinski definition) is 1. The number of carbonyl (C=O) groups is 1. The Hall–Kier alpha value is -3.06. The summed E-state index contributed by atoms with van der Waals surface area (Å²) >= 11 is 1.22. The van der Waals surface area contributed by atoms with Gasteiger partial charge < -0.3 is 9.72 Å². The van der Waals surface area contributed by atoms with Gasteiger partial charge in [0.15, 0.2) is 5.16 Å². The molecule has 6 nitrogen and oxygen atoms in total. The minimum absolute atomic E-state index is 0.195. The number of ether oxygens (including phenoxy) is 1. The highest BCUT2D eigenvalue weighted by atomic mass is 32.2. The summed E-state index contributed by atoms with van der Waals surface area (Å²) in [5.74, 6) is -0.365. The van der Waals surface area contributed by atoms with Crippen molar-refractivity contribution in [1.29, 1.82) is 0 Å². The van der Waals surface area contributed by atoms with Crippen molar-refractivity contribution in [3.63, 3.8) is 0 Å². The Morgan fingerprint density at radius 1 is 1.21 bits per heavy atom. The number of aromatic nitrogens is 3. The molecule has 1 N–H and O–H groups in total. The van der Waals surface area contributed by atoms with Crippen LogP contribution < -0.4 is 5.56 Å². The summed E-state index contributed by atoms with van der Waals surface area (Å²) < 4.78 is 6.45. The number of nitrogens with zero attached hydrogens (tertiary/aromatic N) is 2. The van der Waals surface area contributed by atoms with Gasteiger partial charge in [0.2, 0.25) is 0 Å². The Kier molecular flexibility index (Phi) is 4.92. The molecule has 0 fully saturated rings. The number of nitrogens with one attached hydrogen (secondary N) is 1. The topological polar surface area (TPSA) is 77.0 Å². The quantitative estimate of drug-likeness (QED) is 0.313. The van der Waals surface area contributed by atoms with Crippen molar-refractivity contribution in [3.8, 4) is 5.69 Å². The normalized spacial score (nSPS) is 12.4. The first-order valence-corrected chi connectivity index (χ1v) is 10.1. The third-order valence-corrected chi connectivity index (χ3v) is 5.95. The molecule has 2 aromatic heterocycles. The molecule has 7 heteroatoms. The molecule has 4 rings (SSSR count). The lowest BCUT2D eigenvalue weighted by molar-refractivity contribution is -0.139. The maximum absolute atomic E-state index is 13.6. The van der Waals surface area contributed by atoms with E-state index in [1.165, 1.54) is 18.9 Å². The number of thioether (sulfide) groups is 1. The Morgan fingerprint density at radius 3 is 2.72 bits per heavy atom. The number of aryl methyl sites for hydroxylation is 2. The standard InChI is InChI=1S/C22H21N3O3S/c1-12-9-10-13(2)17(11-12)25-20(26)19-18(15-7-5-6-8-16(15)23-19)24-22(25)29-14(3)21(27)28-4/h5-11,14,23H,1-4H3/t14-/m0/s1. The Bertz CT molecular complexity index is 1310. The number of aromatic amines is 1. The van der Waals surface area contributed by atoms with Crippen molar-refractivity contribution in [1.82, 2.24) is 14.5 Å². The predicted molar refractivity (Wildman–Crippen MR) is 116 cm³/mol. The number of carbonyl (C=O) groups excluding carboxylic acids is 1. The lowest BCUT2D eigenvalue weighted by atomic mass is 10.1. The molecular formula is C22H21N3O3S. The zero-order valence-corrected chi connectivity index (χ0v) is 17.5. The zero-order chi connectivity index (χ0) is 20.7. The summed E-state index contributed by atoms with van der Waals surface area (Å²) in [6.45, 7) is 5.68. The minimum atomic E-state index is -0.508. The van der Waals surface area contributed by atoms with Crippen LogP contribution in [0.5, 0.6) is 0 Å². The number of H-pyrrole nitrogens is 1. The highest BCUT2D eigenvalue weighted by Gasteiger charge is 2.23. The number of rotatable bonds is 4. The maximum atomic E-state index is 13.6. The van der Waals surface area contributed by atoms with E-state index in [1.54, 1.807) is 11.5 Å². The molecule has 29 heavy (non-hydrogen) atoms. The molecule has 4 aromatic rings. The summed E-state index contributed by atoms with van der Waals surface area (Å²) in [4.78, 5) is 33.6. The van der Waals surface area contributed by atoms with Crippen LogP contribution in [0.2, 0.25) is 0 Å². The number of hydrogen-bond acceptors (Lipinski definition) is 5. The molecule has 0 bridgehead atoms. The number of fused-ring (bicyclic) bond motifs is 3. The summed E-state index contributed by atoms with van der Waals surface area (Å²) in [7, 11) is 1.35. The van der Waals surface area contributed by atoms with Crippen LogP contribution in [0.15, 0.2) is 52.4 Å². The van der Waals surface area contributed by atoms with E-state index in [-0.39, 0.29) is 11.5 Å². The van der Waals surface area contributed by atoms with Crippen LogP contribution in [0, 0.1) is 13.8 Å². The van der Waals surface area contributed by atoms with Crippen molar-refractivity contribution < 1.29 is 9.53 Å². The van der Waals surface area contributed by atoms with Gasteiger partial charge in [-0.3, -0.25) is 14.2 Å². The number of para-hydroxylation sites is 1. The average Bonchev–Trinajstić information content (AvgIpc) is 3.09. The van der Waals surface area contributed by atoms with Crippen molar-refractivity contribution >= 4 is 39.7 Å². The lowest BCUT2D eigenvalue weighted by Gasteiger charge is -2.16. The van der Waals surface area contributed by atoms with E-state index in [4.69, 9.17) is 9.72 Å². The summed E-state index contributed by atoms with van der Waals surface area (Å²) in [5, 5.41) is 0.824. The third kappa shape index (κ3) is 3.31. The van der Waals surface area contributed by atoms with Crippen molar-refractivity contribution in [2.24, 2.45) is 0 Å². The minimum Gasteiger partial charge on any atom is -0.468 e. The van der Waals surface area contributed by atoms with E-state index in [2.05, 4.69) is 4.98 Å². The smallest absolute Gasteiger partial charge is 0.318 e. The fourth-order valence-electron chi connectivity index (χ4n) is 3.37. The van der Waals surface area contributed by atoms with Crippen LogP contribution in [-0.4, -0.2) is 32.9 Å². The fraction of sp³-hybridized carbons (Fsp3) is 0.227. The van der Waals surface area contributed by atoms with Crippen LogP contribution in [0.4, 0.5) is 0 Å². The molecule has 0 aliphatic rings. The van der Waals surface area contributed by atoms with Crippen molar-refractivity contribution in [3.05, 3.63) is 63.9 Å². The molecule has 0 saturated carbocycles. The van der Waals surface area contributed by atoms with Gasteiger partial charge in [-0.05, 0) is 44.0 Å². The van der Waals surface area contributed by atoms with E-state index in [1.807, 2.05) is 56.3 Å². The van der Waals surface area contributed by atoms with Gasteiger partial charge in [0.25, 0.3) is 5.56 Å². The van der Waals surface area contributed by atoms with Gasteiger partial charge in [-0.15, -0.1) is 0 Å². The van der Waals surface area contributed by atoms with E-state index < -0.39 is 5.25 Å². The summed E-state index contributed by atoms with van der Waals surface area (Å²) in [5.41, 5.74) is 4.44. The molecule has 0 saturated heterocycles. The van der Waals surface area contributed by atoms with Crippen LogP contribution in [-0.2, 0) is 9.53 Å². The fourth-order valence-corrected chi connectivity index (χ4v) is 4.31. The third-order valence-electron chi connectivity index (χ3n) is 4.92. The molecule has 0 aliphatic heterocycles. The van der Waals surface area contributed by atoms with E-state index in [0.717, 1.165) is 27.7 Å². The molecule has 2 aromatic carbocycles. The summed E-state index contributed by atoms with van der Waals surface area (Å²) in [6.07, 6.45) is 0. The molecule has 0 radical (unpaired) electrons. The number of benzene rings is 2. The predicted octanol–water partition coefficient (Wildman–Crippen LogP) is 4.14. The molecule has 0 unspecified atom stereocenters. The van der Waals surface area contributed by atoms with Gasteiger partial charge in [-0.1, -0.05) is 42.1 Å². The lowest BCUT2D eigenvalue weighted by Crippen LogP contribution is -2.24. The van der Waals surface area contributed by atoms with Gasteiger partial charge in [0, 0.05) is 10.9 Å². The van der Waals surface area contributed by atoms with Crippen LogP contribution >= 0.6 is 11.8 Å². The second kappa shape index (κ2) is 7.40. The first-order valence-electron chi connectivity index (χ1n) is 9.26. The first kappa shape index (κ1) is 19.3. The second-order valence-corrected chi connectivity index (χ2v) is 8.31. The van der Waals surface area contributed by atoms with Crippen molar-refractivity contribution in [2.45, 2.75) is 31.2 Å². The highest BCUT2D eigenvalue weighted by Crippen LogP contribution is 2.29. The van der Waals surface area contributed by atoms with Crippen LogP contribution in [0.25, 0.3) is 27.6 Å². The van der Waals surface area contributed by atoms with E-state index >= 15 is 0 Å². The Morgan fingerprint density at radius 2 is 1.97 bits per heavy atom. The van der Waals surface area contributed by atoms with Gasteiger partial charge >= 0.3 is 5.97 Å². The number of esters is 1. The van der Waals surface area contributed by atoms with E-state index in [0.29, 0.717) is 16.2 Å². The molecule has 1 atom stereocenters. The molecule has 2 heterocycles. The zero-order valence-electron chi connectivity index (χ0n) is 16.6. The van der Waals surface area contributed by atoms with Gasteiger partial charge in [0.1, 0.15) is 16.3 Å². The maximum Gasteiger partial charge on any atom is 0.318 e. The second-order valence-electron chi connectivity index (χ2n) is 7.00. The SMILES string of the molecule is COC(=O)[C@H](C)Sc1nc2c([nH]c3ccccc32)c(=O)n1-c1cc(C)ccc1C. The van der Waals surface area contributed by atoms with Crippen molar-refractivity contribution in [2.75, 3.05) is 7.11 Å². The first-order chi connectivity index (χ1) is 13.9. The number of methoxy groups -OCH3 is 1. The molecule has 0 amide bonds. The molecular weight excluding hydrogens is 386 g/mol. The van der Waals surface area contributed by atoms with Gasteiger partial charge in [0.05, 0.1) is 12.8 Å².